The third kappa shape index (κ3) is 7.14. The van der Waals surface area contributed by atoms with Gasteiger partial charge in [-0.3, -0.25) is 9.44 Å². The van der Waals surface area contributed by atoms with Crippen LogP contribution in [0.4, 0.5) is 22.7 Å². The van der Waals surface area contributed by atoms with Gasteiger partial charge in [0.05, 0.1) is 36.7 Å². The van der Waals surface area contributed by atoms with Gasteiger partial charge in [-0.05, 0) is 48.9 Å². The Hall–Kier alpha value is -4.43. The lowest BCUT2D eigenvalue weighted by atomic mass is 9.99. The molecule has 4 N–H and O–H groups in total. The molecule has 0 aliphatic heterocycles. The number of imidazole rings is 1. The molecule has 0 radical (unpaired) electrons. The molecular weight excluding hydrogens is 592 g/mol. The number of hydrogen-bond donors (Lipinski definition) is 4. The average molecular weight is 629 g/mol. The zero-order chi connectivity index (χ0) is 31.9. The summed E-state index contributed by atoms with van der Waals surface area (Å²) in [6.07, 6.45) is 1.85. The summed E-state index contributed by atoms with van der Waals surface area (Å²) in [5.74, 6) is 0.299. The zero-order valence-electron chi connectivity index (χ0n) is 25.3. The normalized spacial score (nSPS) is 11.7. The van der Waals surface area contributed by atoms with Crippen LogP contribution in [0, 0.1) is 6.92 Å². The largest absolute Gasteiger partial charge is 0.504 e. The highest BCUT2D eigenvalue weighted by molar-refractivity contribution is 7.92. The van der Waals surface area contributed by atoms with Crippen molar-refractivity contribution in [1.82, 2.24) is 9.97 Å². The summed E-state index contributed by atoms with van der Waals surface area (Å²) in [4.78, 5) is 12.2. The van der Waals surface area contributed by atoms with Crippen LogP contribution < -0.4 is 24.0 Å². The lowest BCUT2D eigenvalue weighted by Crippen LogP contribution is -2.13. The minimum Gasteiger partial charge on any atom is -0.504 e. The molecule has 230 valence electrons. The van der Waals surface area contributed by atoms with E-state index in [-0.39, 0.29) is 11.4 Å². The van der Waals surface area contributed by atoms with E-state index in [4.69, 9.17) is 9.72 Å². The third-order valence-corrected chi connectivity index (χ3v) is 7.81. The molecule has 4 rings (SSSR count). The van der Waals surface area contributed by atoms with Crippen LogP contribution in [0.2, 0.25) is 0 Å². The molecular formula is C29H36N6O6S2. The van der Waals surface area contributed by atoms with E-state index in [9.17, 15) is 21.9 Å². The zero-order valence-corrected chi connectivity index (χ0v) is 26.9. The highest BCUT2D eigenvalue weighted by Gasteiger charge is 2.23. The van der Waals surface area contributed by atoms with E-state index in [1.54, 1.807) is 7.11 Å². The fraction of sp³-hybridized carbons (Fsp3) is 0.276. The molecule has 0 aliphatic carbocycles. The molecule has 0 saturated heterocycles. The van der Waals surface area contributed by atoms with Crippen LogP contribution in [0.1, 0.15) is 5.56 Å². The first-order chi connectivity index (χ1) is 20.0. The van der Waals surface area contributed by atoms with Crippen LogP contribution in [0.5, 0.6) is 11.5 Å². The van der Waals surface area contributed by atoms with Crippen molar-refractivity contribution in [1.29, 1.82) is 0 Å². The van der Waals surface area contributed by atoms with Crippen molar-refractivity contribution in [2.24, 2.45) is 0 Å². The molecule has 0 atom stereocenters. The van der Waals surface area contributed by atoms with Crippen LogP contribution >= 0.6 is 0 Å². The molecule has 0 spiro atoms. The van der Waals surface area contributed by atoms with Gasteiger partial charge in [-0.1, -0.05) is 6.07 Å². The van der Waals surface area contributed by atoms with Gasteiger partial charge in [0, 0.05) is 62.3 Å². The van der Waals surface area contributed by atoms with E-state index in [1.165, 1.54) is 12.1 Å². The highest BCUT2D eigenvalue weighted by atomic mass is 32.2. The summed E-state index contributed by atoms with van der Waals surface area (Å²) >= 11 is 0. The van der Waals surface area contributed by atoms with E-state index >= 15 is 0 Å². The number of aryl methyl sites for hydroxylation is 1. The summed E-state index contributed by atoms with van der Waals surface area (Å²) < 4.78 is 58.6. The molecule has 1 heterocycles. The first kappa shape index (κ1) is 31.5. The summed E-state index contributed by atoms with van der Waals surface area (Å²) in [6, 6.07) is 14.5. The Bertz CT molecular complexity index is 1850. The Morgan fingerprint density at radius 2 is 1.33 bits per heavy atom. The van der Waals surface area contributed by atoms with Gasteiger partial charge in [0.15, 0.2) is 5.75 Å². The molecule has 3 aromatic carbocycles. The average Bonchev–Trinajstić information content (AvgIpc) is 3.33. The third-order valence-electron chi connectivity index (χ3n) is 6.63. The smallest absolute Gasteiger partial charge is 0.229 e. The second-order valence-electron chi connectivity index (χ2n) is 10.7. The van der Waals surface area contributed by atoms with Crippen molar-refractivity contribution in [3.8, 4) is 45.4 Å². The van der Waals surface area contributed by atoms with Crippen molar-refractivity contribution in [2.45, 2.75) is 6.92 Å². The second kappa shape index (κ2) is 11.7. The van der Waals surface area contributed by atoms with E-state index in [0.717, 1.165) is 35.0 Å². The van der Waals surface area contributed by atoms with Gasteiger partial charge in [-0.15, -0.1) is 0 Å². The number of ether oxygens (including phenoxy) is 1. The number of aromatic nitrogens is 2. The highest BCUT2D eigenvalue weighted by Crippen LogP contribution is 2.43. The number of aromatic hydroxyl groups is 1. The molecule has 0 unspecified atom stereocenters. The van der Waals surface area contributed by atoms with E-state index in [0.29, 0.717) is 34.1 Å². The first-order valence-corrected chi connectivity index (χ1v) is 16.8. The summed E-state index contributed by atoms with van der Waals surface area (Å²) in [5.41, 5.74) is 5.57. The van der Waals surface area contributed by atoms with Gasteiger partial charge < -0.3 is 24.6 Å². The van der Waals surface area contributed by atoms with Crippen LogP contribution in [0.3, 0.4) is 0 Å². The number of nitrogens with one attached hydrogen (secondary N) is 3. The number of hydrogen-bond acceptors (Lipinski definition) is 9. The van der Waals surface area contributed by atoms with Gasteiger partial charge in [0.1, 0.15) is 17.3 Å². The minimum absolute atomic E-state index is 0.218. The number of H-pyrrole nitrogens is 1. The Morgan fingerprint density at radius 1 is 0.814 bits per heavy atom. The minimum atomic E-state index is -3.83. The number of rotatable bonds is 10. The number of phenolic OH excluding ortho intramolecular Hbond substituents is 1. The lowest BCUT2D eigenvalue weighted by molar-refractivity contribution is 0.416. The second-order valence-corrected chi connectivity index (χ2v) is 14.1. The molecule has 14 heteroatoms. The number of methoxy groups -OCH3 is 1. The number of nitrogens with zero attached hydrogens (tertiary/aromatic N) is 3. The molecule has 4 aromatic rings. The summed E-state index contributed by atoms with van der Waals surface area (Å²) in [7, 11) is 1.70. The lowest BCUT2D eigenvalue weighted by Gasteiger charge is -2.17. The van der Waals surface area contributed by atoms with Crippen molar-refractivity contribution < 1.29 is 26.7 Å². The van der Waals surface area contributed by atoms with Crippen molar-refractivity contribution in [3.05, 3.63) is 54.1 Å². The van der Waals surface area contributed by atoms with Crippen LogP contribution in [0.25, 0.3) is 33.9 Å². The Labute approximate surface area is 252 Å². The van der Waals surface area contributed by atoms with Crippen LogP contribution in [0.15, 0.2) is 48.5 Å². The predicted octanol–water partition coefficient (Wildman–Crippen LogP) is 4.31. The fourth-order valence-corrected chi connectivity index (χ4v) is 5.70. The first-order valence-electron chi connectivity index (χ1n) is 13.0. The molecule has 0 fully saturated rings. The quantitative estimate of drug-likeness (QED) is 0.188. The van der Waals surface area contributed by atoms with Crippen molar-refractivity contribution in [2.75, 3.05) is 67.1 Å². The molecule has 0 bridgehead atoms. The molecule has 0 aliphatic rings. The van der Waals surface area contributed by atoms with E-state index in [2.05, 4.69) is 20.5 Å². The van der Waals surface area contributed by atoms with E-state index in [1.807, 2.05) is 75.2 Å². The number of phenols is 1. The Balaban J connectivity index is 2.03. The van der Waals surface area contributed by atoms with Gasteiger partial charge in [-0.2, -0.15) is 0 Å². The fourth-order valence-electron chi connectivity index (χ4n) is 4.59. The van der Waals surface area contributed by atoms with Crippen molar-refractivity contribution in [3.63, 3.8) is 0 Å². The molecule has 12 nitrogen and oxygen atoms in total. The van der Waals surface area contributed by atoms with E-state index < -0.39 is 25.8 Å². The Kier molecular flexibility index (Phi) is 8.56. The molecule has 0 amide bonds. The van der Waals surface area contributed by atoms with Gasteiger partial charge in [0.2, 0.25) is 20.0 Å². The number of aromatic amines is 1. The number of sulfonamides is 2. The maximum atomic E-state index is 12.1. The summed E-state index contributed by atoms with van der Waals surface area (Å²) in [6.45, 7) is 1.99. The SMILES string of the molecule is COc1cc(N(C)C)ccc1-c1nc(-c2cc(NS(C)(=O)=O)c(O)c(NS(C)(=O)=O)c2)[nH]c1-c1ccc(N(C)C)cc1C. The predicted molar refractivity (Wildman–Crippen MR) is 173 cm³/mol. The van der Waals surface area contributed by atoms with Crippen LogP contribution in [-0.2, 0) is 20.0 Å². The van der Waals surface area contributed by atoms with Gasteiger partial charge in [-0.25, -0.2) is 21.8 Å². The van der Waals surface area contributed by atoms with Gasteiger partial charge in [0.25, 0.3) is 0 Å². The maximum absolute atomic E-state index is 12.1. The maximum Gasteiger partial charge on any atom is 0.229 e. The summed E-state index contributed by atoms with van der Waals surface area (Å²) in [5, 5.41) is 10.7. The van der Waals surface area contributed by atoms with Crippen LogP contribution in [-0.4, -0.2) is 79.7 Å². The topological polar surface area (TPSA) is 157 Å². The monoisotopic (exact) mass is 628 g/mol. The number of benzene rings is 3. The van der Waals surface area contributed by atoms with Crippen molar-refractivity contribution >= 4 is 42.8 Å². The van der Waals surface area contributed by atoms with Gasteiger partial charge >= 0.3 is 0 Å². The Morgan fingerprint density at radius 3 is 1.79 bits per heavy atom. The molecule has 1 aromatic heterocycles. The number of anilines is 4. The standard InChI is InChI=1S/C29H36N6O6S2/c1-17-13-19(34(2)3)9-11-21(17)26-27(22-12-10-20(35(4)5)16-25(22)41-6)31-29(30-26)18-14-23(32-42(7,37)38)28(36)24(15-18)33-43(8,39)40/h9-16,32-33,36H,1-8H3,(H,30,31). The molecule has 43 heavy (non-hydrogen) atoms. The molecule has 0 saturated carbocycles.